The number of esters is 1. The fraction of sp³-hybridized carbons (Fsp3) is 0.632. The number of rotatable bonds is 14. The first-order valence-electron chi connectivity index (χ1n) is 10.3. The fourth-order valence-corrected chi connectivity index (χ4v) is 3.77. The number of alkyl halides is 1. The smallest absolute Gasteiger partial charge is 0.464 e. The van der Waals surface area contributed by atoms with E-state index in [1.807, 2.05) is 6.92 Å². The monoisotopic (exact) mass is 490 g/mol. The van der Waals surface area contributed by atoms with Crippen molar-refractivity contribution in [2.24, 2.45) is 0 Å². The minimum absolute atomic E-state index is 0.104. The van der Waals surface area contributed by atoms with Gasteiger partial charge in [0.05, 0.1) is 12.3 Å². The third-order valence-electron chi connectivity index (χ3n) is 5.11. The number of nitrogens with zero attached hydrogens (tertiary/aromatic N) is 3. The molecule has 5 N–H and O–H groups in total. The summed E-state index contributed by atoms with van der Waals surface area (Å²) >= 11 is 0. The lowest BCUT2D eigenvalue weighted by Gasteiger charge is -2.34. The zero-order valence-electron chi connectivity index (χ0n) is 18.7. The highest BCUT2D eigenvalue weighted by atomic mass is 31.1. The van der Waals surface area contributed by atoms with Crippen molar-refractivity contribution in [1.29, 1.82) is 0 Å². The number of methoxy groups -OCH3 is 1. The van der Waals surface area contributed by atoms with Gasteiger partial charge in [0.1, 0.15) is 43.4 Å². The Balaban J connectivity index is 2.06. The van der Waals surface area contributed by atoms with Crippen LogP contribution in [0.1, 0.15) is 38.5 Å². The first-order valence-corrected chi connectivity index (χ1v) is 11.5. The van der Waals surface area contributed by atoms with E-state index >= 15 is 0 Å². The molecule has 2 aromatic rings. The molecule has 2 heterocycles. The predicted molar refractivity (Wildman–Crippen MR) is 116 cm³/mol. The van der Waals surface area contributed by atoms with Crippen LogP contribution in [-0.2, 0) is 23.4 Å². The summed E-state index contributed by atoms with van der Waals surface area (Å²) in [5.41, 5.74) is 4.18. The average molecular weight is 490 g/mol. The predicted octanol–water partition coefficient (Wildman–Crippen LogP) is 1.06. The van der Waals surface area contributed by atoms with Crippen LogP contribution < -0.4 is 10.8 Å². The van der Waals surface area contributed by atoms with E-state index in [1.165, 1.54) is 23.6 Å². The first-order chi connectivity index (χ1) is 15.7. The van der Waals surface area contributed by atoms with Crippen molar-refractivity contribution in [3.63, 3.8) is 0 Å². The number of nitrogens with two attached hydrogens (primary N) is 1. The molecule has 33 heavy (non-hydrogen) atoms. The third kappa shape index (κ3) is 6.40. The van der Waals surface area contributed by atoms with E-state index in [0.717, 1.165) is 19.9 Å². The summed E-state index contributed by atoms with van der Waals surface area (Å²) in [6, 6.07) is 2.03. The quantitative estimate of drug-likeness (QED) is 0.170. The summed E-state index contributed by atoms with van der Waals surface area (Å²) < 4.78 is 42.8. The maximum Gasteiger partial charge on any atom is 0.613 e. The van der Waals surface area contributed by atoms with Crippen LogP contribution in [0.3, 0.4) is 0 Å². The number of hydrogen-bond acceptors (Lipinski definition) is 10. The van der Waals surface area contributed by atoms with Crippen LogP contribution in [0.2, 0.25) is 0 Å². The summed E-state index contributed by atoms with van der Waals surface area (Å²) in [4.78, 5) is 15.7. The number of ether oxygens (including phenoxy) is 2. The number of hydrogen-bond donors (Lipinski definition) is 4. The molecule has 0 aromatic carbocycles. The van der Waals surface area contributed by atoms with Crippen LogP contribution >= 0.6 is 8.18 Å². The van der Waals surface area contributed by atoms with Gasteiger partial charge >= 0.3 is 14.1 Å². The number of anilines is 1. The van der Waals surface area contributed by atoms with Crippen molar-refractivity contribution < 1.29 is 38.0 Å². The number of carbonyl (C=O) groups excluding carboxylic acids is 1. The molecule has 0 amide bonds. The fourth-order valence-electron chi connectivity index (χ4n) is 2.94. The van der Waals surface area contributed by atoms with Gasteiger partial charge in [-0.3, -0.25) is 4.79 Å². The maximum atomic E-state index is 14.0. The second-order valence-corrected chi connectivity index (χ2v) is 8.43. The van der Waals surface area contributed by atoms with Gasteiger partial charge < -0.3 is 25.4 Å². The number of aromatic nitrogens is 3. The van der Waals surface area contributed by atoms with Crippen molar-refractivity contribution in [3.05, 3.63) is 24.2 Å². The molecule has 0 fully saturated rings. The van der Waals surface area contributed by atoms with Gasteiger partial charge in [0, 0.05) is 7.11 Å². The molecule has 0 saturated heterocycles. The van der Waals surface area contributed by atoms with E-state index in [2.05, 4.69) is 15.2 Å². The minimum atomic E-state index is -2.65. The molecule has 2 aromatic heterocycles. The molecule has 5 atom stereocenters. The number of nitrogen functional groups attached to an aromatic ring is 1. The summed E-state index contributed by atoms with van der Waals surface area (Å²) in [5.74, 6) is -0.467. The van der Waals surface area contributed by atoms with E-state index in [0.29, 0.717) is 11.9 Å². The standard InChI is InChI=1S/C19H30FN5O7P/c1-4-5-8-31-18(28)12(2)24-33(29)32-10-19(9-20,30-3)16(27)15(26)13-6-7-14-17(21)22-11-23-25(13)14/h6-7,11-12,15-16,26-27H,4-5,8-10H2,1-3H3,(H,24,29)(H2,21,22,23)/q+1/t12-,15-,16-,19+/m0/s1. The molecule has 0 aliphatic heterocycles. The third-order valence-corrected chi connectivity index (χ3v) is 6.07. The highest BCUT2D eigenvalue weighted by Crippen LogP contribution is 2.32. The Morgan fingerprint density at radius 3 is 2.79 bits per heavy atom. The Hall–Kier alpha value is -2.28. The molecule has 1 unspecified atom stereocenters. The second kappa shape index (κ2) is 12.3. The molecule has 0 bridgehead atoms. The number of carbonyl (C=O) groups is 1. The van der Waals surface area contributed by atoms with Crippen LogP contribution in [-0.4, -0.2) is 75.5 Å². The lowest BCUT2D eigenvalue weighted by molar-refractivity contribution is -0.169. The van der Waals surface area contributed by atoms with Crippen molar-refractivity contribution in [2.75, 3.05) is 32.7 Å². The van der Waals surface area contributed by atoms with Gasteiger partial charge in [-0.1, -0.05) is 18.4 Å². The van der Waals surface area contributed by atoms with E-state index in [4.69, 9.17) is 19.7 Å². The van der Waals surface area contributed by atoms with Crippen LogP contribution in [0.4, 0.5) is 10.2 Å². The van der Waals surface area contributed by atoms with E-state index in [9.17, 15) is 24.0 Å². The second-order valence-electron chi connectivity index (χ2n) is 7.40. The summed E-state index contributed by atoms with van der Waals surface area (Å²) in [5, 5.41) is 27.9. The number of halogens is 1. The zero-order valence-corrected chi connectivity index (χ0v) is 19.6. The Labute approximate surface area is 191 Å². The molecule has 0 saturated carbocycles. The van der Waals surface area contributed by atoms with Crippen molar-refractivity contribution in [3.8, 4) is 0 Å². The average Bonchev–Trinajstić information content (AvgIpc) is 3.25. The molecule has 0 spiro atoms. The molecular formula is C19H30FN5O7P+. The van der Waals surface area contributed by atoms with Gasteiger partial charge in [0.2, 0.25) is 0 Å². The van der Waals surface area contributed by atoms with E-state index < -0.39 is 51.3 Å². The molecule has 2 rings (SSSR count). The highest BCUT2D eigenvalue weighted by Gasteiger charge is 2.47. The van der Waals surface area contributed by atoms with Crippen molar-refractivity contribution >= 4 is 25.5 Å². The number of aliphatic hydroxyl groups is 2. The molecule has 0 radical (unpaired) electrons. The molecule has 184 valence electrons. The summed E-state index contributed by atoms with van der Waals surface area (Å²) in [6.07, 6.45) is -0.801. The van der Waals surface area contributed by atoms with Gasteiger partial charge in [-0.15, -0.1) is 4.52 Å². The van der Waals surface area contributed by atoms with Crippen LogP contribution in [0.25, 0.3) is 5.52 Å². The molecule has 14 heteroatoms. The topological polar surface area (TPSA) is 171 Å². The maximum absolute atomic E-state index is 14.0. The van der Waals surface area contributed by atoms with Crippen LogP contribution in [0.15, 0.2) is 18.5 Å². The number of nitrogens with one attached hydrogen (secondary N) is 1. The van der Waals surface area contributed by atoms with Crippen LogP contribution in [0, 0.1) is 0 Å². The number of unbranched alkanes of at least 4 members (excludes halogenated alkanes) is 1. The Morgan fingerprint density at radius 2 is 2.15 bits per heavy atom. The normalized spacial score (nSPS) is 16.7. The van der Waals surface area contributed by atoms with Gasteiger partial charge in [0.15, 0.2) is 11.4 Å². The SMILES string of the molecule is CCCCOC(=O)[C@H](C)N[P+](=O)OC[C@@](CF)(OC)[C@@H](O)[C@@H](O)c1ccc2c(N)ncnn12. The zero-order chi connectivity index (χ0) is 24.6. The van der Waals surface area contributed by atoms with Gasteiger partial charge in [-0.2, -0.15) is 5.10 Å². The molecule has 12 nitrogen and oxygen atoms in total. The van der Waals surface area contributed by atoms with Crippen molar-refractivity contribution in [2.45, 2.75) is 50.5 Å². The Kier molecular flexibility index (Phi) is 10.0. The Bertz CT molecular complexity index is 942. The molecule has 0 aliphatic carbocycles. The lowest BCUT2D eigenvalue weighted by Crippen LogP contribution is -2.53. The molecular weight excluding hydrogens is 460 g/mol. The molecule has 0 aliphatic rings. The largest absolute Gasteiger partial charge is 0.613 e. The summed E-state index contributed by atoms with van der Waals surface area (Å²) in [6.45, 7) is 1.65. The van der Waals surface area contributed by atoms with Gasteiger partial charge in [0.25, 0.3) is 0 Å². The van der Waals surface area contributed by atoms with E-state index in [1.54, 1.807) is 0 Å². The Morgan fingerprint density at radius 1 is 1.42 bits per heavy atom. The highest BCUT2D eigenvalue weighted by molar-refractivity contribution is 7.36. The van der Waals surface area contributed by atoms with Gasteiger partial charge in [-0.25, -0.2) is 13.9 Å². The minimum Gasteiger partial charge on any atom is -0.464 e. The summed E-state index contributed by atoms with van der Waals surface area (Å²) in [7, 11) is -1.54. The van der Waals surface area contributed by atoms with E-state index in [-0.39, 0.29) is 18.1 Å². The number of fused-ring (bicyclic) bond motifs is 1. The van der Waals surface area contributed by atoms with Crippen LogP contribution in [0.5, 0.6) is 0 Å². The first kappa shape index (κ1) is 27.0. The van der Waals surface area contributed by atoms with Gasteiger partial charge in [-0.05, 0) is 30.0 Å². The lowest BCUT2D eigenvalue weighted by atomic mass is 9.93. The van der Waals surface area contributed by atoms with Crippen molar-refractivity contribution in [1.82, 2.24) is 19.7 Å². The number of aliphatic hydroxyl groups excluding tert-OH is 2.